The molecule has 0 aliphatic rings. The summed E-state index contributed by atoms with van der Waals surface area (Å²) in [4.78, 5) is 22.4. The fourth-order valence-corrected chi connectivity index (χ4v) is 1.86. The van der Waals surface area contributed by atoms with Gasteiger partial charge in [0.25, 0.3) is 0 Å². The first-order chi connectivity index (χ1) is 8.74. The fourth-order valence-electron chi connectivity index (χ4n) is 1.86. The molecule has 5 nitrogen and oxygen atoms in total. The first-order valence-corrected chi connectivity index (χ1v) is 5.37. The predicted molar refractivity (Wildman–Crippen MR) is 63.7 cm³/mol. The van der Waals surface area contributed by atoms with E-state index in [1.807, 2.05) is 0 Å². The Labute approximate surface area is 101 Å². The number of hydrogen-bond donors (Lipinski definition) is 1. The summed E-state index contributed by atoms with van der Waals surface area (Å²) in [6, 6.07) is 4.86. The van der Waals surface area contributed by atoms with E-state index in [9.17, 15) is 9.18 Å². The average Bonchev–Trinajstić information content (AvgIpc) is 2.66. The minimum absolute atomic E-state index is 0.237. The van der Waals surface area contributed by atoms with E-state index >= 15 is 0 Å². The predicted octanol–water partition coefficient (Wildman–Crippen LogP) is 1.31. The summed E-state index contributed by atoms with van der Waals surface area (Å²) < 4.78 is 14.5. The summed E-state index contributed by atoms with van der Waals surface area (Å²) >= 11 is 0. The smallest absolute Gasteiger partial charge is 0.304 e. The fraction of sp³-hybridized carbons (Fsp3) is 0.0833. The van der Waals surface area contributed by atoms with E-state index in [1.165, 1.54) is 16.8 Å². The van der Waals surface area contributed by atoms with Crippen molar-refractivity contribution in [3.63, 3.8) is 0 Å². The van der Waals surface area contributed by atoms with Crippen LogP contribution in [0.2, 0.25) is 0 Å². The van der Waals surface area contributed by atoms with Crippen molar-refractivity contribution in [3.05, 3.63) is 58.7 Å². The SMILES string of the molecule is O=c1[nH]c2cccnc2n1Cc1cncc(F)c1. The largest absolute Gasteiger partial charge is 0.327 e. The van der Waals surface area contributed by atoms with Gasteiger partial charge in [0.05, 0.1) is 18.3 Å². The lowest BCUT2D eigenvalue weighted by Gasteiger charge is -2.02. The summed E-state index contributed by atoms with van der Waals surface area (Å²) in [6.45, 7) is 0.237. The molecule has 1 N–H and O–H groups in total. The van der Waals surface area contributed by atoms with Crippen molar-refractivity contribution in [1.82, 2.24) is 19.5 Å². The van der Waals surface area contributed by atoms with Gasteiger partial charge in [-0.1, -0.05) is 0 Å². The molecule has 0 spiro atoms. The highest BCUT2D eigenvalue weighted by atomic mass is 19.1. The number of pyridine rings is 2. The molecule has 90 valence electrons. The van der Waals surface area contributed by atoms with Gasteiger partial charge >= 0.3 is 5.69 Å². The number of hydrogen-bond acceptors (Lipinski definition) is 3. The molecule has 3 rings (SSSR count). The molecule has 3 aromatic heterocycles. The van der Waals surface area contributed by atoms with E-state index in [0.29, 0.717) is 16.7 Å². The van der Waals surface area contributed by atoms with E-state index in [0.717, 1.165) is 6.20 Å². The Morgan fingerprint density at radius 2 is 2.28 bits per heavy atom. The molecule has 3 heterocycles. The molecule has 0 atom stereocenters. The van der Waals surface area contributed by atoms with Crippen LogP contribution in [0, 0.1) is 5.82 Å². The van der Waals surface area contributed by atoms with Crippen molar-refractivity contribution >= 4 is 11.2 Å². The molecule has 0 saturated carbocycles. The minimum Gasteiger partial charge on any atom is -0.304 e. The summed E-state index contributed by atoms with van der Waals surface area (Å²) in [6.07, 6.45) is 4.26. The molecule has 6 heteroatoms. The van der Waals surface area contributed by atoms with Gasteiger partial charge in [-0.3, -0.25) is 9.55 Å². The number of rotatable bonds is 2. The molecule has 0 saturated heterocycles. The third kappa shape index (κ3) is 1.77. The first-order valence-electron chi connectivity index (χ1n) is 5.37. The quantitative estimate of drug-likeness (QED) is 0.739. The monoisotopic (exact) mass is 244 g/mol. The molecular formula is C12H9FN4O. The van der Waals surface area contributed by atoms with Gasteiger partial charge in [-0.2, -0.15) is 0 Å². The second kappa shape index (κ2) is 4.06. The van der Waals surface area contributed by atoms with E-state index in [1.54, 1.807) is 18.3 Å². The van der Waals surface area contributed by atoms with E-state index in [-0.39, 0.29) is 12.2 Å². The lowest BCUT2D eigenvalue weighted by molar-refractivity contribution is 0.616. The second-order valence-electron chi connectivity index (χ2n) is 3.90. The van der Waals surface area contributed by atoms with Crippen molar-refractivity contribution in [1.29, 1.82) is 0 Å². The lowest BCUT2D eigenvalue weighted by Crippen LogP contribution is -2.17. The number of aromatic amines is 1. The molecule has 0 aliphatic carbocycles. The number of nitrogens with zero attached hydrogens (tertiary/aromatic N) is 3. The van der Waals surface area contributed by atoms with E-state index in [4.69, 9.17) is 0 Å². The van der Waals surface area contributed by atoms with Gasteiger partial charge < -0.3 is 4.98 Å². The van der Waals surface area contributed by atoms with E-state index < -0.39 is 5.82 Å². The van der Waals surface area contributed by atoms with Crippen molar-refractivity contribution in [2.45, 2.75) is 6.54 Å². The van der Waals surface area contributed by atoms with E-state index in [2.05, 4.69) is 15.0 Å². The Bertz CT molecular complexity index is 762. The molecule has 18 heavy (non-hydrogen) atoms. The zero-order chi connectivity index (χ0) is 12.5. The van der Waals surface area contributed by atoms with Crippen LogP contribution >= 0.6 is 0 Å². The standard InChI is InChI=1S/C12H9FN4O/c13-9-4-8(5-14-6-9)7-17-11-10(16-12(17)18)2-1-3-15-11/h1-6H,7H2,(H,16,18). The first kappa shape index (κ1) is 10.6. The summed E-state index contributed by atoms with van der Waals surface area (Å²) in [5.41, 5.74) is 1.55. The number of nitrogens with one attached hydrogen (secondary N) is 1. The lowest BCUT2D eigenvalue weighted by atomic mass is 10.3. The van der Waals surface area contributed by atoms with Crippen LogP contribution in [0.1, 0.15) is 5.56 Å². The Morgan fingerprint density at radius 3 is 3.11 bits per heavy atom. The molecule has 0 fully saturated rings. The second-order valence-corrected chi connectivity index (χ2v) is 3.90. The summed E-state index contributed by atoms with van der Waals surface area (Å²) in [7, 11) is 0. The van der Waals surface area contributed by atoms with Gasteiger partial charge in [0.15, 0.2) is 5.65 Å². The maximum atomic E-state index is 13.0. The maximum absolute atomic E-state index is 13.0. The van der Waals surface area contributed by atoms with Crippen LogP contribution in [0.5, 0.6) is 0 Å². The van der Waals surface area contributed by atoms with Gasteiger partial charge in [-0.05, 0) is 23.8 Å². The molecule has 0 aromatic carbocycles. The van der Waals surface area contributed by atoms with Crippen molar-refractivity contribution in [2.75, 3.05) is 0 Å². The third-order valence-electron chi connectivity index (χ3n) is 2.63. The number of H-pyrrole nitrogens is 1. The Kier molecular flexibility index (Phi) is 2.40. The highest BCUT2D eigenvalue weighted by Gasteiger charge is 2.08. The third-order valence-corrected chi connectivity index (χ3v) is 2.63. The molecule has 0 bridgehead atoms. The van der Waals surface area contributed by atoms with Crippen LogP contribution in [-0.4, -0.2) is 19.5 Å². The Morgan fingerprint density at radius 1 is 1.39 bits per heavy atom. The number of halogens is 1. The van der Waals surface area contributed by atoms with Gasteiger partial charge in [-0.25, -0.2) is 14.2 Å². The topological polar surface area (TPSA) is 63.6 Å². The van der Waals surface area contributed by atoms with Crippen LogP contribution < -0.4 is 5.69 Å². The van der Waals surface area contributed by atoms with Crippen LogP contribution in [0.15, 0.2) is 41.6 Å². The van der Waals surface area contributed by atoms with Crippen LogP contribution in [-0.2, 0) is 6.54 Å². The normalized spacial score (nSPS) is 10.9. The molecule has 0 radical (unpaired) electrons. The minimum atomic E-state index is -0.423. The highest BCUT2D eigenvalue weighted by Crippen LogP contribution is 2.08. The summed E-state index contributed by atoms with van der Waals surface area (Å²) in [5.74, 6) is -0.423. The van der Waals surface area contributed by atoms with Crippen LogP contribution in [0.3, 0.4) is 0 Å². The molecular weight excluding hydrogens is 235 g/mol. The molecule has 0 amide bonds. The van der Waals surface area contributed by atoms with Gasteiger partial charge in [0, 0.05) is 12.4 Å². The number of imidazole rings is 1. The maximum Gasteiger partial charge on any atom is 0.327 e. The zero-order valence-corrected chi connectivity index (χ0v) is 9.30. The van der Waals surface area contributed by atoms with Gasteiger partial charge in [-0.15, -0.1) is 0 Å². The number of aromatic nitrogens is 4. The van der Waals surface area contributed by atoms with Crippen molar-refractivity contribution in [3.8, 4) is 0 Å². The van der Waals surface area contributed by atoms with Gasteiger partial charge in [0.1, 0.15) is 5.82 Å². The average molecular weight is 244 g/mol. The highest BCUT2D eigenvalue weighted by molar-refractivity contribution is 5.70. The van der Waals surface area contributed by atoms with Crippen molar-refractivity contribution in [2.24, 2.45) is 0 Å². The Balaban J connectivity index is 2.10. The van der Waals surface area contributed by atoms with Crippen LogP contribution in [0.25, 0.3) is 11.2 Å². The van der Waals surface area contributed by atoms with Crippen molar-refractivity contribution < 1.29 is 4.39 Å². The molecule has 3 aromatic rings. The van der Waals surface area contributed by atoms with Crippen LogP contribution in [0.4, 0.5) is 4.39 Å². The van der Waals surface area contributed by atoms with Gasteiger partial charge in [0.2, 0.25) is 0 Å². The zero-order valence-electron chi connectivity index (χ0n) is 9.30. The Hall–Kier alpha value is -2.50. The number of fused-ring (bicyclic) bond motifs is 1. The summed E-state index contributed by atoms with van der Waals surface area (Å²) in [5, 5.41) is 0. The molecule has 0 unspecified atom stereocenters. The molecule has 0 aliphatic heterocycles.